The summed E-state index contributed by atoms with van der Waals surface area (Å²) in [7, 11) is 0. The summed E-state index contributed by atoms with van der Waals surface area (Å²) < 4.78 is 7.48. The summed E-state index contributed by atoms with van der Waals surface area (Å²) in [5.74, 6) is 0. The van der Waals surface area contributed by atoms with Gasteiger partial charge >= 0.3 is 0 Å². The molecular weight excluding hydrogens is 631 g/mol. The molecule has 0 N–H and O–H groups in total. The summed E-state index contributed by atoms with van der Waals surface area (Å²) >= 11 is 0. The van der Waals surface area contributed by atoms with Crippen LogP contribution in [0, 0.1) is 0 Å². The van der Waals surface area contributed by atoms with E-state index in [9.17, 15) is 0 Å². The van der Waals surface area contributed by atoms with Crippen molar-refractivity contribution < 1.29 is 0 Å². The van der Waals surface area contributed by atoms with Crippen molar-refractivity contribution in [3.8, 4) is 11.4 Å². The first-order valence-electron chi connectivity index (χ1n) is 18.4. The molecule has 0 aliphatic heterocycles. The molecule has 0 fully saturated rings. The van der Waals surface area contributed by atoms with Crippen LogP contribution >= 0.6 is 0 Å². The zero-order valence-electron chi connectivity index (χ0n) is 28.8. The minimum Gasteiger partial charge on any atom is -0.309 e. The molecule has 3 heteroatoms. The third-order valence-corrected chi connectivity index (χ3v) is 11.8. The van der Waals surface area contributed by atoms with Gasteiger partial charge in [-0.3, -0.25) is 0 Å². The lowest BCUT2D eigenvalue weighted by Crippen LogP contribution is -1.99. The van der Waals surface area contributed by atoms with Gasteiger partial charge in [-0.1, -0.05) is 116 Å². The van der Waals surface area contributed by atoms with Crippen LogP contribution in [0.4, 0.5) is 0 Å². The van der Waals surface area contributed by atoms with Crippen molar-refractivity contribution in [3.05, 3.63) is 162 Å². The van der Waals surface area contributed by atoms with Gasteiger partial charge in [0.25, 0.3) is 0 Å². The SMILES string of the molecule is CCC1=Cc2c(c3ccccc3n2-c2ccc(-n3c4ccccc4c4c5c6ccc7ccccc7c6n6c7ccccc7c(cc43)c56)cc2)C=CC1. The third kappa shape index (κ3) is 3.55. The maximum Gasteiger partial charge on any atom is 0.0628 e. The highest BCUT2D eigenvalue weighted by Crippen LogP contribution is 2.48. The summed E-state index contributed by atoms with van der Waals surface area (Å²) in [6, 6.07) is 51.9. The number of benzene rings is 7. The van der Waals surface area contributed by atoms with Crippen molar-refractivity contribution in [2.24, 2.45) is 0 Å². The van der Waals surface area contributed by atoms with Gasteiger partial charge in [0.15, 0.2) is 0 Å². The Morgan fingerprint density at radius 3 is 1.94 bits per heavy atom. The highest BCUT2D eigenvalue weighted by atomic mass is 15.0. The van der Waals surface area contributed by atoms with Crippen LogP contribution in [0.3, 0.4) is 0 Å². The summed E-state index contributed by atoms with van der Waals surface area (Å²) in [6.07, 6.45) is 9.11. The van der Waals surface area contributed by atoms with Crippen LogP contribution < -0.4 is 0 Å². The minimum atomic E-state index is 1.00. The smallest absolute Gasteiger partial charge is 0.0628 e. The van der Waals surface area contributed by atoms with Gasteiger partial charge < -0.3 is 13.5 Å². The number of allylic oxidation sites excluding steroid dienone is 2. The lowest BCUT2D eigenvalue weighted by atomic mass is 10.00. The van der Waals surface area contributed by atoms with E-state index in [0.29, 0.717) is 0 Å². The second-order valence-corrected chi connectivity index (χ2v) is 14.4. The van der Waals surface area contributed by atoms with Crippen LogP contribution in [0.2, 0.25) is 0 Å². The van der Waals surface area contributed by atoms with Crippen molar-refractivity contribution in [1.82, 2.24) is 13.5 Å². The standard InChI is InChI=1S/C49H33N3/c1-2-30-12-11-18-36-35-15-5-8-19-41(35)50(44(36)28-30)32-23-25-33(26-24-32)51-43-21-10-7-17-38(43)46-45(51)29-40-37-16-6-9-20-42(37)52-48-34-14-4-3-13-31(34)22-27-39(48)47(46)49(40)52/h3-11,13-29H,2,12H2,1H3. The molecular formula is C49H33N3. The maximum absolute atomic E-state index is 2.54. The quantitative estimate of drug-likeness (QED) is 0.179. The van der Waals surface area contributed by atoms with E-state index in [1.165, 1.54) is 104 Å². The van der Waals surface area contributed by atoms with Crippen molar-refractivity contribution in [2.45, 2.75) is 19.8 Å². The molecule has 4 heterocycles. The topological polar surface area (TPSA) is 14.3 Å². The van der Waals surface area contributed by atoms with E-state index < -0.39 is 0 Å². The third-order valence-electron chi connectivity index (χ3n) is 11.8. The molecule has 12 rings (SSSR count). The van der Waals surface area contributed by atoms with E-state index in [4.69, 9.17) is 0 Å². The number of rotatable bonds is 3. The lowest BCUT2D eigenvalue weighted by Gasteiger charge is -2.13. The zero-order valence-corrected chi connectivity index (χ0v) is 28.8. The summed E-state index contributed by atoms with van der Waals surface area (Å²) in [4.78, 5) is 0. The van der Waals surface area contributed by atoms with Gasteiger partial charge in [-0.25, -0.2) is 0 Å². The highest BCUT2D eigenvalue weighted by molar-refractivity contribution is 6.37. The Labute approximate surface area is 299 Å². The summed E-state index contributed by atoms with van der Waals surface area (Å²) in [5, 5.41) is 11.7. The first-order chi connectivity index (χ1) is 25.8. The van der Waals surface area contributed by atoms with Crippen molar-refractivity contribution in [2.75, 3.05) is 0 Å². The number of fused-ring (bicyclic) bond motifs is 15. The lowest BCUT2D eigenvalue weighted by molar-refractivity contribution is 1.04. The van der Waals surface area contributed by atoms with E-state index >= 15 is 0 Å². The average molecular weight is 664 g/mol. The van der Waals surface area contributed by atoms with Gasteiger partial charge in [-0.2, -0.15) is 0 Å². The van der Waals surface area contributed by atoms with Gasteiger partial charge in [0.1, 0.15) is 0 Å². The zero-order chi connectivity index (χ0) is 34.1. The van der Waals surface area contributed by atoms with Gasteiger partial charge in [0.2, 0.25) is 0 Å². The summed E-state index contributed by atoms with van der Waals surface area (Å²) in [5.41, 5.74) is 13.9. The molecule has 0 bridgehead atoms. The molecule has 7 aromatic carbocycles. The van der Waals surface area contributed by atoms with Gasteiger partial charge in [0.05, 0.1) is 38.8 Å². The molecule has 0 atom stereocenters. The number of hydrogen-bond donors (Lipinski definition) is 0. The second kappa shape index (κ2) is 10.2. The fourth-order valence-electron chi connectivity index (χ4n) is 9.50. The van der Waals surface area contributed by atoms with E-state index in [2.05, 4.69) is 178 Å². The molecule has 11 aromatic rings. The number of nitrogens with zero attached hydrogens (tertiary/aromatic N) is 3. The Morgan fingerprint density at radius 1 is 0.500 bits per heavy atom. The van der Waals surface area contributed by atoms with Crippen molar-refractivity contribution in [1.29, 1.82) is 0 Å². The fourth-order valence-corrected chi connectivity index (χ4v) is 9.50. The predicted octanol–water partition coefficient (Wildman–Crippen LogP) is 13.2. The Kier molecular flexibility index (Phi) is 5.55. The first kappa shape index (κ1) is 28.2. The number of hydrogen-bond acceptors (Lipinski definition) is 0. The van der Waals surface area contributed by atoms with Crippen molar-refractivity contribution >= 4 is 93.7 Å². The van der Waals surface area contributed by atoms with E-state index in [1.807, 2.05) is 0 Å². The molecule has 0 spiro atoms. The molecule has 0 unspecified atom stereocenters. The van der Waals surface area contributed by atoms with Gasteiger partial charge in [-0.05, 0) is 72.8 Å². The Balaban J connectivity index is 1.17. The highest BCUT2D eigenvalue weighted by Gasteiger charge is 2.25. The van der Waals surface area contributed by atoms with Crippen LogP contribution in [-0.4, -0.2) is 13.5 Å². The molecule has 0 amide bonds. The summed E-state index contributed by atoms with van der Waals surface area (Å²) in [6.45, 7) is 2.26. The first-order valence-corrected chi connectivity index (χ1v) is 18.4. The maximum atomic E-state index is 2.54. The van der Waals surface area contributed by atoms with Crippen LogP contribution in [-0.2, 0) is 0 Å². The van der Waals surface area contributed by atoms with Crippen LogP contribution in [0.25, 0.3) is 105 Å². The van der Waals surface area contributed by atoms with Crippen molar-refractivity contribution in [3.63, 3.8) is 0 Å². The Bertz CT molecular complexity index is 3340. The van der Waals surface area contributed by atoms with Crippen LogP contribution in [0.1, 0.15) is 31.0 Å². The van der Waals surface area contributed by atoms with E-state index in [-0.39, 0.29) is 0 Å². The molecule has 4 aromatic heterocycles. The molecule has 0 radical (unpaired) electrons. The number of para-hydroxylation sites is 3. The average Bonchev–Trinajstić information content (AvgIpc) is 3.87. The molecule has 0 saturated heterocycles. The second-order valence-electron chi connectivity index (χ2n) is 14.4. The molecule has 52 heavy (non-hydrogen) atoms. The fraction of sp³-hybridized carbons (Fsp3) is 0.0612. The predicted molar refractivity (Wildman–Crippen MR) is 222 cm³/mol. The molecule has 244 valence electrons. The number of aromatic nitrogens is 3. The molecule has 1 aliphatic rings. The monoisotopic (exact) mass is 663 g/mol. The normalized spacial score (nSPS) is 13.5. The molecule has 0 saturated carbocycles. The van der Waals surface area contributed by atoms with Crippen LogP contribution in [0.15, 0.2) is 151 Å². The van der Waals surface area contributed by atoms with Gasteiger partial charge in [0, 0.05) is 60.0 Å². The minimum absolute atomic E-state index is 1.00. The Hall–Kier alpha value is -6.58. The largest absolute Gasteiger partial charge is 0.309 e. The molecule has 1 aliphatic carbocycles. The van der Waals surface area contributed by atoms with E-state index in [1.54, 1.807) is 0 Å². The van der Waals surface area contributed by atoms with E-state index in [0.717, 1.165) is 18.5 Å². The van der Waals surface area contributed by atoms with Gasteiger partial charge in [-0.15, -0.1) is 0 Å². The van der Waals surface area contributed by atoms with Crippen LogP contribution in [0.5, 0.6) is 0 Å². The molecule has 3 nitrogen and oxygen atoms in total. The Morgan fingerprint density at radius 2 is 1.15 bits per heavy atom.